The molecule has 0 rings (SSSR count). The van der Waals surface area contributed by atoms with Crippen molar-refractivity contribution in [2.45, 2.75) is 109 Å². The van der Waals surface area contributed by atoms with Gasteiger partial charge in [0.05, 0.1) is 0 Å². The van der Waals surface area contributed by atoms with Crippen LogP contribution in [0, 0.1) is 0 Å². The maximum Gasteiger partial charge on any atom is 0.306 e. The molecule has 0 aromatic heterocycles. The van der Waals surface area contributed by atoms with E-state index in [0.29, 0.717) is 6.42 Å². The second kappa shape index (κ2) is 16.3. The van der Waals surface area contributed by atoms with E-state index in [1.165, 1.54) is 19.3 Å². The van der Waals surface area contributed by atoms with Crippen LogP contribution in [0.1, 0.15) is 97.3 Å². The van der Waals surface area contributed by atoms with E-state index in [4.69, 9.17) is 16.2 Å². The number of carbonyl (C=O) groups excluding carboxylic acids is 1. The van der Waals surface area contributed by atoms with Gasteiger partial charge in [-0.1, -0.05) is 46.0 Å². The SMILES string of the molecule is CCCCCCC(CC)OC(=O)CCCC(N)CCCCCN. The van der Waals surface area contributed by atoms with Crippen LogP contribution in [0.5, 0.6) is 0 Å². The third kappa shape index (κ3) is 14.7. The number of esters is 1. The maximum atomic E-state index is 11.9. The number of ether oxygens (including phenoxy) is 1. The lowest BCUT2D eigenvalue weighted by atomic mass is 10.0. The smallest absolute Gasteiger partial charge is 0.306 e. The van der Waals surface area contributed by atoms with Crippen LogP contribution in [0.4, 0.5) is 0 Å². The number of unbranched alkanes of at least 4 members (excludes halogenated alkanes) is 5. The van der Waals surface area contributed by atoms with E-state index in [1.54, 1.807) is 0 Å². The predicted octanol–water partition coefficient (Wildman–Crippen LogP) is 4.30. The summed E-state index contributed by atoms with van der Waals surface area (Å²) < 4.78 is 5.58. The fourth-order valence-corrected chi connectivity index (χ4v) is 2.77. The molecule has 0 saturated heterocycles. The fourth-order valence-electron chi connectivity index (χ4n) is 2.77. The Bertz CT molecular complexity index is 272. The van der Waals surface area contributed by atoms with Crippen LogP contribution in [0.25, 0.3) is 0 Å². The molecule has 0 amide bonds. The van der Waals surface area contributed by atoms with Crippen LogP contribution in [-0.2, 0) is 9.53 Å². The van der Waals surface area contributed by atoms with Crippen molar-refractivity contribution in [1.82, 2.24) is 0 Å². The second-order valence-corrected chi connectivity index (χ2v) is 6.66. The third-order valence-electron chi connectivity index (χ3n) is 4.37. The van der Waals surface area contributed by atoms with Gasteiger partial charge in [0, 0.05) is 12.5 Å². The molecule has 4 nitrogen and oxygen atoms in total. The largest absolute Gasteiger partial charge is 0.462 e. The molecule has 23 heavy (non-hydrogen) atoms. The van der Waals surface area contributed by atoms with Crippen LogP contribution < -0.4 is 11.5 Å². The lowest BCUT2D eigenvalue weighted by molar-refractivity contribution is -0.149. The highest BCUT2D eigenvalue weighted by Gasteiger charge is 2.12. The van der Waals surface area contributed by atoms with Gasteiger partial charge in [0.15, 0.2) is 0 Å². The van der Waals surface area contributed by atoms with E-state index in [2.05, 4.69) is 13.8 Å². The van der Waals surface area contributed by atoms with Crippen molar-refractivity contribution in [3.05, 3.63) is 0 Å². The monoisotopic (exact) mass is 328 g/mol. The summed E-state index contributed by atoms with van der Waals surface area (Å²) in [5.41, 5.74) is 11.6. The van der Waals surface area contributed by atoms with E-state index < -0.39 is 0 Å². The quantitative estimate of drug-likeness (QED) is 0.327. The zero-order valence-electron chi connectivity index (χ0n) is 15.5. The molecule has 2 unspecified atom stereocenters. The minimum atomic E-state index is -0.0531. The van der Waals surface area contributed by atoms with E-state index >= 15 is 0 Å². The van der Waals surface area contributed by atoms with Gasteiger partial charge in [-0.2, -0.15) is 0 Å². The van der Waals surface area contributed by atoms with Gasteiger partial charge >= 0.3 is 5.97 Å². The Morgan fingerprint density at radius 1 is 0.913 bits per heavy atom. The first-order valence-corrected chi connectivity index (χ1v) is 9.79. The molecule has 2 atom stereocenters. The zero-order chi connectivity index (χ0) is 17.3. The van der Waals surface area contributed by atoms with Gasteiger partial charge < -0.3 is 16.2 Å². The minimum absolute atomic E-state index is 0.0531. The Morgan fingerprint density at radius 3 is 2.22 bits per heavy atom. The highest BCUT2D eigenvalue weighted by molar-refractivity contribution is 5.69. The zero-order valence-corrected chi connectivity index (χ0v) is 15.5. The Balaban J connectivity index is 3.66. The molecule has 138 valence electrons. The first-order chi connectivity index (χ1) is 11.1. The normalized spacial score (nSPS) is 13.7. The first kappa shape index (κ1) is 22.4. The average Bonchev–Trinajstić information content (AvgIpc) is 2.54. The van der Waals surface area contributed by atoms with Crippen LogP contribution >= 0.6 is 0 Å². The Morgan fingerprint density at radius 2 is 1.57 bits per heavy atom. The predicted molar refractivity (Wildman–Crippen MR) is 98.3 cm³/mol. The third-order valence-corrected chi connectivity index (χ3v) is 4.37. The van der Waals surface area contributed by atoms with Crippen molar-refractivity contribution in [1.29, 1.82) is 0 Å². The molecule has 0 aliphatic carbocycles. The standard InChI is InChI=1S/C19H40N2O2/c1-3-5-6-9-14-18(4-2)23-19(22)15-11-13-17(21)12-8-7-10-16-20/h17-18H,3-16,20-21H2,1-2H3. The molecular weight excluding hydrogens is 288 g/mol. The molecule has 0 aromatic rings. The van der Waals surface area contributed by atoms with Crippen LogP contribution in [0.3, 0.4) is 0 Å². The van der Waals surface area contributed by atoms with E-state index in [-0.39, 0.29) is 18.1 Å². The first-order valence-electron chi connectivity index (χ1n) is 9.79. The van der Waals surface area contributed by atoms with Gasteiger partial charge in [0.1, 0.15) is 6.10 Å². The van der Waals surface area contributed by atoms with Crippen molar-refractivity contribution >= 4 is 5.97 Å². The topological polar surface area (TPSA) is 78.3 Å². The highest BCUT2D eigenvalue weighted by atomic mass is 16.5. The maximum absolute atomic E-state index is 11.9. The molecule has 0 spiro atoms. The summed E-state index contributed by atoms with van der Waals surface area (Å²) in [5, 5.41) is 0. The highest BCUT2D eigenvalue weighted by Crippen LogP contribution is 2.13. The summed E-state index contributed by atoms with van der Waals surface area (Å²) >= 11 is 0. The van der Waals surface area contributed by atoms with Gasteiger partial charge in [-0.15, -0.1) is 0 Å². The molecule has 4 N–H and O–H groups in total. The Hall–Kier alpha value is -0.610. The van der Waals surface area contributed by atoms with Crippen molar-refractivity contribution < 1.29 is 9.53 Å². The van der Waals surface area contributed by atoms with Gasteiger partial charge in [-0.25, -0.2) is 0 Å². The van der Waals surface area contributed by atoms with Gasteiger partial charge in [0.25, 0.3) is 0 Å². The van der Waals surface area contributed by atoms with Crippen molar-refractivity contribution in [2.75, 3.05) is 6.54 Å². The van der Waals surface area contributed by atoms with Gasteiger partial charge in [0.2, 0.25) is 0 Å². The second-order valence-electron chi connectivity index (χ2n) is 6.66. The van der Waals surface area contributed by atoms with E-state index in [0.717, 1.165) is 64.3 Å². The minimum Gasteiger partial charge on any atom is -0.462 e. The summed E-state index contributed by atoms with van der Waals surface area (Å²) in [4.78, 5) is 11.9. The van der Waals surface area contributed by atoms with Crippen LogP contribution in [0.15, 0.2) is 0 Å². The van der Waals surface area contributed by atoms with Crippen molar-refractivity contribution in [2.24, 2.45) is 11.5 Å². The average molecular weight is 329 g/mol. The van der Waals surface area contributed by atoms with Gasteiger partial charge in [-0.05, 0) is 51.5 Å². The summed E-state index contributed by atoms with van der Waals surface area (Å²) in [7, 11) is 0. The molecule has 0 radical (unpaired) electrons. The molecule has 0 bridgehead atoms. The summed E-state index contributed by atoms with van der Waals surface area (Å²) in [5.74, 6) is -0.0531. The number of hydrogen-bond acceptors (Lipinski definition) is 4. The Kier molecular flexibility index (Phi) is 15.8. The molecule has 0 aliphatic heterocycles. The molecule has 0 aromatic carbocycles. The number of carbonyl (C=O) groups is 1. The molecule has 0 heterocycles. The number of hydrogen-bond donors (Lipinski definition) is 2. The molecule has 0 saturated carbocycles. The summed E-state index contributed by atoms with van der Waals surface area (Å²) in [6.07, 6.45) is 13.6. The lowest BCUT2D eigenvalue weighted by Gasteiger charge is -2.16. The lowest BCUT2D eigenvalue weighted by Crippen LogP contribution is -2.21. The molecule has 0 fully saturated rings. The van der Waals surface area contributed by atoms with E-state index in [9.17, 15) is 4.79 Å². The van der Waals surface area contributed by atoms with Crippen molar-refractivity contribution in [3.8, 4) is 0 Å². The van der Waals surface area contributed by atoms with Crippen molar-refractivity contribution in [3.63, 3.8) is 0 Å². The molecule has 4 heteroatoms. The number of rotatable bonds is 16. The van der Waals surface area contributed by atoms with E-state index in [1.807, 2.05) is 0 Å². The Labute approximate surface area is 143 Å². The summed E-state index contributed by atoms with van der Waals surface area (Å²) in [6, 6.07) is 0.205. The molecule has 0 aliphatic rings. The van der Waals surface area contributed by atoms with Crippen LogP contribution in [0.2, 0.25) is 0 Å². The van der Waals surface area contributed by atoms with Gasteiger partial charge in [-0.3, -0.25) is 4.79 Å². The fraction of sp³-hybridized carbons (Fsp3) is 0.947. The number of nitrogens with two attached hydrogens (primary N) is 2. The molecular formula is C19H40N2O2. The van der Waals surface area contributed by atoms with Crippen LogP contribution in [-0.4, -0.2) is 24.7 Å². The summed E-state index contributed by atoms with van der Waals surface area (Å²) in [6.45, 7) is 5.06.